The normalized spacial score (nSPS) is 11.6. The van der Waals surface area contributed by atoms with Gasteiger partial charge in [-0.2, -0.15) is 0 Å². The molecule has 4 N–H and O–H groups in total. The highest BCUT2D eigenvalue weighted by molar-refractivity contribution is 7.89. The van der Waals surface area contributed by atoms with E-state index in [9.17, 15) is 13.2 Å². The van der Waals surface area contributed by atoms with Gasteiger partial charge < -0.3 is 10.4 Å². The fourth-order valence-corrected chi connectivity index (χ4v) is 2.30. The van der Waals surface area contributed by atoms with E-state index < -0.39 is 16.0 Å². The van der Waals surface area contributed by atoms with Gasteiger partial charge in [0, 0.05) is 12.2 Å². The molecule has 0 amide bonds. The van der Waals surface area contributed by atoms with E-state index in [0.717, 1.165) is 18.9 Å². The van der Waals surface area contributed by atoms with Crippen LogP contribution in [0.15, 0.2) is 23.1 Å². The highest BCUT2D eigenvalue weighted by Gasteiger charge is 2.15. The van der Waals surface area contributed by atoms with Crippen molar-refractivity contribution in [1.82, 2.24) is 0 Å². The molecule has 0 spiro atoms. The standard InChI is InChI=1S/C13H20N2O4S/c1-9(2)4-3-7-15-12-6-5-10(20(14,18)19)8-11(12)13(16)17/h5-6,8-9,15H,3-4,7H2,1-2H3,(H,16,17)(H2,14,18,19). The van der Waals surface area contributed by atoms with Crippen LogP contribution in [0.2, 0.25) is 0 Å². The highest BCUT2D eigenvalue weighted by Crippen LogP contribution is 2.20. The third-order valence-electron chi connectivity index (χ3n) is 2.82. The van der Waals surface area contributed by atoms with Gasteiger partial charge in [0.2, 0.25) is 10.0 Å². The Balaban J connectivity index is 2.89. The second-order valence-electron chi connectivity index (χ2n) is 5.02. The second-order valence-corrected chi connectivity index (χ2v) is 6.58. The molecule has 0 radical (unpaired) electrons. The number of rotatable bonds is 7. The monoisotopic (exact) mass is 300 g/mol. The molecule has 0 unspecified atom stereocenters. The van der Waals surface area contributed by atoms with Crippen LogP contribution in [0.4, 0.5) is 5.69 Å². The Morgan fingerprint density at radius 2 is 2.05 bits per heavy atom. The van der Waals surface area contributed by atoms with Crippen LogP contribution in [-0.4, -0.2) is 26.0 Å². The summed E-state index contributed by atoms with van der Waals surface area (Å²) in [6.07, 6.45) is 1.94. The van der Waals surface area contributed by atoms with Crippen molar-refractivity contribution >= 4 is 21.7 Å². The maximum absolute atomic E-state index is 11.2. The molecule has 0 aliphatic rings. The molecule has 0 saturated carbocycles. The minimum atomic E-state index is -3.90. The van der Waals surface area contributed by atoms with Crippen molar-refractivity contribution in [2.45, 2.75) is 31.6 Å². The molecule has 112 valence electrons. The molecule has 0 aromatic heterocycles. The Hall–Kier alpha value is -1.60. The molecule has 0 saturated heterocycles. The van der Waals surface area contributed by atoms with Gasteiger partial charge in [0.05, 0.1) is 10.5 Å². The third-order valence-corrected chi connectivity index (χ3v) is 3.73. The van der Waals surface area contributed by atoms with E-state index in [1.807, 2.05) is 0 Å². The predicted octanol–water partition coefficient (Wildman–Crippen LogP) is 1.88. The van der Waals surface area contributed by atoms with Crippen LogP contribution in [0.25, 0.3) is 0 Å². The lowest BCUT2D eigenvalue weighted by atomic mass is 10.1. The predicted molar refractivity (Wildman–Crippen MR) is 77.3 cm³/mol. The lowest BCUT2D eigenvalue weighted by Crippen LogP contribution is -2.14. The molecule has 0 heterocycles. The maximum Gasteiger partial charge on any atom is 0.337 e. The van der Waals surface area contributed by atoms with E-state index in [1.165, 1.54) is 12.1 Å². The largest absolute Gasteiger partial charge is 0.478 e. The van der Waals surface area contributed by atoms with Gasteiger partial charge in [-0.05, 0) is 37.0 Å². The first-order chi connectivity index (χ1) is 9.21. The summed E-state index contributed by atoms with van der Waals surface area (Å²) in [4.78, 5) is 11.0. The average Bonchev–Trinajstić information content (AvgIpc) is 2.33. The fourth-order valence-electron chi connectivity index (χ4n) is 1.76. The van der Waals surface area contributed by atoms with E-state index in [1.54, 1.807) is 0 Å². The van der Waals surface area contributed by atoms with Crippen molar-refractivity contribution in [3.8, 4) is 0 Å². The molecule has 20 heavy (non-hydrogen) atoms. The number of primary sulfonamides is 1. The van der Waals surface area contributed by atoms with Crippen LogP contribution >= 0.6 is 0 Å². The van der Waals surface area contributed by atoms with Crippen molar-refractivity contribution in [3.63, 3.8) is 0 Å². The molecular weight excluding hydrogens is 280 g/mol. The van der Waals surface area contributed by atoms with Gasteiger partial charge in [0.25, 0.3) is 0 Å². The average molecular weight is 300 g/mol. The number of nitrogens with one attached hydrogen (secondary N) is 1. The summed E-state index contributed by atoms with van der Waals surface area (Å²) in [5.74, 6) is -0.609. The van der Waals surface area contributed by atoms with Crippen LogP contribution in [0.3, 0.4) is 0 Å². The van der Waals surface area contributed by atoms with E-state index in [0.29, 0.717) is 18.2 Å². The van der Waals surface area contributed by atoms with E-state index in [2.05, 4.69) is 19.2 Å². The number of benzene rings is 1. The lowest BCUT2D eigenvalue weighted by molar-refractivity contribution is 0.0697. The van der Waals surface area contributed by atoms with Crippen molar-refractivity contribution in [3.05, 3.63) is 23.8 Å². The zero-order valence-electron chi connectivity index (χ0n) is 11.6. The van der Waals surface area contributed by atoms with Gasteiger partial charge in [-0.3, -0.25) is 0 Å². The van der Waals surface area contributed by atoms with Gasteiger partial charge >= 0.3 is 5.97 Å². The van der Waals surface area contributed by atoms with Crippen LogP contribution < -0.4 is 10.5 Å². The van der Waals surface area contributed by atoms with Gasteiger partial charge in [0.15, 0.2) is 0 Å². The number of hydrogen-bond donors (Lipinski definition) is 3. The quantitative estimate of drug-likeness (QED) is 0.666. The van der Waals surface area contributed by atoms with Crippen molar-refractivity contribution in [2.24, 2.45) is 11.1 Å². The first-order valence-electron chi connectivity index (χ1n) is 6.36. The Bertz CT molecular complexity index is 582. The van der Waals surface area contributed by atoms with E-state index >= 15 is 0 Å². The Morgan fingerprint density at radius 1 is 1.40 bits per heavy atom. The number of carbonyl (C=O) groups is 1. The summed E-state index contributed by atoms with van der Waals surface area (Å²) in [6.45, 7) is 4.86. The molecule has 0 atom stereocenters. The van der Waals surface area contributed by atoms with Crippen LogP contribution in [0, 0.1) is 5.92 Å². The summed E-state index contributed by atoms with van der Waals surface area (Å²) in [5.41, 5.74) is 0.301. The first-order valence-corrected chi connectivity index (χ1v) is 7.90. The SMILES string of the molecule is CC(C)CCCNc1ccc(S(N)(=O)=O)cc1C(=O)O. The van der Waals surface area contributed by atoms with Crippen molar-refractivity contribution < 1.29 is 18.3 Å². The molecule has 0 aliphatic carbocycles. The summed E-state index contributed by atoms with van der Waals surface area (Å²) in [7, 11) is -3.90. The molecule has 7 heteroatoms. The summed E-state index contributed by atoms with van der Waals surface area (Å²) in [6, 6.07) is 3.80. The molecule has 1 aromatic carbocycles. The zero-order chi connectivity index (χ0) is 15.3. The molecule has 6 nitrogen and oxygen atoms in total. The number of carboxylic acids is 1. The zero-order valence-corrected chi connectivity index (χ0v) is 12.4. The van der Waals surface area contributed by atoms with E-state index in [-0.39, 0.29) is 10.5 Å². The number of sulfonamides is 1. The van der Waals surface area contributed by atoms with Gasteiger partial charge in [-0.25, -0.2) is 18.4 Å². The number of carboxylic acid groups (broad SMARTS) is 1. The molecular formula is C13H20N2O4S. The van der Waals surface area contributed by atoms with Gasteiger partial charge in [0.1, 0.15) is 0 Å². The Kier molecular flexibility index (Phi) is 5.52. The van der Waals surface area contributed by atoms with Gasteiger partial charge in [-0.15, -0.1) is 0 Å². The second kappa shape index (κ2) is 6.71. The summed E-state index contributed by atoms with van der Waals surface area (Å²) in [5, 5.41) is 17.1. The van der Waals surface area contributed by atoms with Crippen LogP contribution in [-0.2, 0) is 10.0 Å². The molecule has 0 bridgehead atoms. The van der Waals surface area contributed by atoms with Crippen LogP contribution in [0.5, 0.6) is 0 Å². The Labute approximate surface area is 119 Å². The van der Waals surface area contributed by atoms with Crippen molar-refractivity contribution in [1.29, 1.82) is 0 Å². The van der Waals surface area contributed by atoms with E-state index in [4.69, 9.17) is 10.2 Å². The summed E-state index contributed by atoms with van der Waals surface area (Å²) >= 11 is 0. The van der Waals surface area contributed by atoms with Gasteiger partial charge in [-0.1, -0.05) is 13.8 Å². The molecule has 1 aromatic rings. The number of aromatic carboxylic acids is 1. The van der Waals surface area contributed by atoms with Crippen molar-refractivity contribution in [2.75, 3.05) is 11.9 Å². The lowest BCUT2D eigenvalue weighted by Gasteiger charge is -2.11. The maximum atomic E-state index is 11.2. The molecule has 1 rings (SSSR count). The fraction of sp³-hybridized carbons (Fsp3) is 0.462. The highest BCUT2D eigenvalue weighted by atomic mass is 32.2. The number of hydrogen-bond acceptors (Lipinski definition) is 4. The molecule has 0 fully saturated rings. The molecule has 0 aliphatic heterocycles. The minimum absolute atomic E-state index is 0.0962. The number of nitrogens with two attached hydrogens (primary N) is 1. The summed E-state index contributed by atoms with van der Waals surface area (Å²) < 4.78 is 22.4. The first kappa shape index (κ1) is 16.5. The Morgan fingerprint density at radius 3 is 2.55 bits per heavy atom. The topological polar surface area (TPSA) is 109 Å². The third kappa shape index (κ3) is 4.82. The smallest absolute Gasteiger partial charge is 0.337 e. The van der Waals surface area contributed by atoms with Crippen LogP contribution in [0.1, 0.15) is 37.0 Å². The minimum Gasteiger partial charge on any atom is -0.478 e. The number of anilines is 1.